The molecule has 3 heterocycles. The molecule has 0 saturated carbocycles. The number of nitrogens with one attached hydrogen (secondary N) is 3. The van der Waals surface area contributed by atoms with Gasteiger partial charge < -0.3 is 20.9 Å². The smallest absolute Gasteiger partial charge is 0.274 e. The summed E-state index contributed by atoms with van der Waals surface area (Å²) in [4.78, 5) is 28.5. The number of anilines is 4. The van der Waals surface area contributed by atoms with Crippen LogP contribution < -0.4 is 16.0 Å². The number of aromatic nitrogens is 4. The molecule has 3 aromatic carbocycles. The first-order chi connectivity index (χ1) is 23.7. The number of amides is 1. The normalized spacial score (nSPS) is 11.7. The number of carbonyl (C=O) groups excluding carboxylic acids is 1. The zero-order valence-corrected chi connectivity index (χ0v) is 28.3. The van der Waals surface area contributed by atoms with Gasteiger partial charge in [0.05, 0.1) is 39.2 Å². The zero-order chi connectivity index (χ0) is 34.4. The van der Waals surface area contributed by atoms with Gasteiger partial charge in [0.2, 0.25) is 5.95 Å². The monoisotopic (exact) mass is 692 g/mol. The third kappa shape index (κ3) is 7.78. The highest BCUT2D eigenvalue weighted by Gasteiger charge is 2.23. The summed E-state index contributed by atoms with van der Waals surface area (Å²) in [5.74, 6) is -0.131. The molecule has 0 aliphatic carbocycles. The van der Waals surface area contributed by atoms with Crippen molar-refractivity contribution in [1.29, 1.82) is 0 Å². The Morgan fingerprint density at radius 1 is 0.878 bits per heavy atom. The highest BCUT2D eigenvalue weighted by molar-refractivity contribution is 7.90. The number of hydrogen-bond donors (Lipinski definition) is 3. The molecule has 6 aromatic rings. The summed E-state index contributed by atoms with van der Waals surface area (Å²) in [5.41, 5.74) is 3.59. The SMILES string of the molecule is CN(C)C/C=C/CNc1ccc(C(=O)Nc2cccc(Nc3ncc(Cl)c(-c4cn(S(=O)(=O)c5ccccc5)c5ccccc45)n3)c2)nc1. The topological polar surface area (TPSA) is 134 Å². The first-order valence-electron chi connectivity index (χ1n) is 15.3. The summed E-state index contributed by atoms with van der Waals surface area (Å²) in [6.45, 7) is 1.51. The van der Waals surface area contributed by atoms with Gasteiger partial charge in [0, 0.05) is 41.6 Å². The fraction of sp³-hybridized carbons (Fsp3) is 0.111. The molecule has 0 atom stereocenters. The molecule has 1 amide bonds. The number of nitrogens with zero attached hydrogens (tertiary/aromatic N) is 5. The molecule has 3 N–H and O–H groups in total. The van der Waals surface area contributed by atoms with E-state index in [0.717, 1.165) is 12.2 Å². The van der Waals surface area contributed by atoms with Crippen LogP contribution in [-0.2, 0) is 10.0 Å². The second-order valence-corrected chi connectivity index (χ2v) is 13.5. The Morgan fingerprint density at radius 2 is 1.65 bits per heavy atom. The Morgan fingerprint density at radius 3 is 2.43 bits per heavy atom. The predicted octanol–water partition coefficient (Wildman–Crippen LogP) is 6.91. The average molecular weight is 693 g/mol. The Hall–Kier alpha value is -5.56. The van der Waals surface area contributed by atoms with Crippen molar-refractivity contribution < 1.29 is 13.2 Å². The number of fused-ring (bicyclic) bond motifs is 1. The molecule has 0 radical (unpaired) electrons. The van der Waals surface area contributed by atoms with Crippen molar-refractivity contribution in [1.82, 2.24) is 23.8 Å². The largest absolute Gasteiger partial charge is 0.380 e. The lowest BCUT2D eigenvalue weighted by Gasteiger charge is -2.10. The van der Waals surface area contributed by atoms with Crippen molar-refractivity contribution in [3.05, 3.63) is 132 Å². The fourth-order valence-electron chi connectivity index (χ4n) is 5.04. The van der Waals surface area contributed by atoms with Crippen LogP contribution in [0.5, 0.6) is 0 Å². The van der Waals surface area contributed by atoms with Crippen LogP contribution in [0.25, 0.3) is 22.2 Å². The van der Waals surface area contributed by atoms with Crippen LogP contribution in [0.1, 0.15) is 10.5 Å². The molecule has 0 aliphatic rings. The van der Waals surface area contributed by atoms with Crippen molar-refractivity contribution in [2.75, 3.05) is 43.1 Å². The Labute approximate surface area is 289 Å². The number of carbonyl (C=O) groups is 1. The highest BCUT2D eigenvalue weighted by atomic mass is 35.5. The van der Waals surface area contributed by atoms with Gasteiger partial charge >= 0.3 is 0 Å². The van der Waals surface area contributed by atoms with E-state index < -0.39 is 10.0 Å². The van der Waals surface area contributed by atoms with Crippen molar-refractivity contribution in [3.63, 3.8) is 0 Å². The maximum atomic E-state index is 13.6. The van der Waals surface area contributed by atoms with Crippen molar-refractivity contribution in [3.8, 4) is 11.3 Å². The van der Waals surface area contributed by atoms with Crippen LogP contribution in [-0.4, -0.2) is 65.3 Å². The molecule has 248 valence electrons. The molecule has 11 nitrogen and oxygen atoms in total. The van der Waals surface area contributed by atoms with Gasteiger partial charge in [-0.15, -0.1) is 0 Å². The van der Waals surface area contributed by atoms with Crippen LogP contribution in [0, 0.1) is 0 Å². The van der Waals surface area contributed by atoms with Crippen molar-refractivity contribution in [2.24, 2.45) is 0 Å². The first-order valence-corrected chi connectivity index (χ1v) is 17.1. The minimum absolute atomic E-state index is 0.162. The van der Waals surface area contributed by atoms with E-state index >= 15 is 0 Å². The number of para-hydroxylation sites is 1. The molecular formula is C36H33ClN8O3S. The molecule has 13 heteroatoms. The summed E-state index contributed by atoms with van der Waals surface area (Å²) < 4.78 is 28.5. The van der Waals surface area contributed by atoms with E-state index in [1.54, 1.807) is 79.0 Å². The Kier molecular flexibility index (Phi) is 10.00. The summed E-state index contributed by atoms with van der Waals surface area (Å²) in [6.07, 6.45) is 8.72. The quantitative estimate of drug-likeness (QED) is 0.117. The van der Waals surface area contributed by atoms with Gasteiger partial charge in [-0.2, -0.15) is 0 Å². The molecule has 0 saturated heterocycles. The van der Waals surface area contributed by atoms with Crippen LogP contribution in [0.4, 0.5) is 23.0 Å². The third-order valence-electron chi connectivity index (χ3n) is 7.41. The van der Waals surface area contributed by atoms with Gasteiger partial charge in [0.25, 0.3) is 15.9 Å². The van der Waals surface area contributed by atoms with E-state index in [0.29, 0.717) is 40.1 Å². The minimum Gasteiger partial charge on any atom is -0.380 e. The van der Waals surface area contributed by atoms with Gasteiger partial charge in [-0.3, -0.25) is 4.79 Å². The summed E-state index contributed by atoms with van der Waals surface area (Å²) in [6, 6.07) is 25.9. The van der Waals surface area contributed by atoms with Gasteiger partial charge in [0.1, 0.15) is 5.69 Å². The predicted molar refractivity (Wildman–Crippen MR) is 195 cm³/mol. The zero-order valence-electron chi connectivity index (χ0n) is 26.7. The van der Waals surface area contributed by atoms with Crippen LogP contribution in [0.15, 0.2) is 127 Å². The van der Waals surface area contributed by atoms with E-state index in [4.69, 9.17) is 11.6 Å². The lowest BCUT2D eigenvalue weighted by molar-refractivity contribution is 0.102. The second kappa shape index (κ2) is 14.7. The standard InChI is InChI=1S/C36H33ClN8O3S/c1-44(2)20-9-8-19-38-27-17-18-32(39-22-27)35(46)41-25-11-10-12-26(21-25)42-36-40-23-31(37)34(43-36)30-24-45(33-16-7-6-15-29(30)33)49(47,48)28-13-4-3-5-14-28/h3-18,21-24,38H,19-20H2,1-2H3,(H,41,46)(H,40,42,43)/b9-8+. The highest BCUT2D eigenvalue weighted by Crippen LogP contribution is 2.36. The first kappa shape index (κ1) is 33.3. The average Bonchev–Trinajstić information content (AvgIpc) is 3.50. The Balaban J connectivity index is 1.19. The van der Waals surface area contributed by atoms with Gasteiger partial charge in [-0.05, 0) is 62.6 Å². The van der Waals surface area contributed by atoms with Crippen LogP contribution >= 0.6 is 11.6 Å². The van der Waals surface area contributed by atoms with Gasteiger partial charge in [-0.25, -0.2) is 27.3 Å². The van der Waals surface area contributed by atoms with E-state index in [1.807, 2.05) is 38.4 Å². The molecule has 0 unspecified atom stereocenters. The number of rotatable bonds is 12. The molecule has 0 spiro atoms. The number of halogens is 1. The van der Waals surface area contributed by atoms with E-state index in [1.165, 1.54) is 16.4 Å². The van der Waals surface area contributed by atoms with Crippen molar-refractivity contribution in [2.45, 2.75) is 4.90 Å². The minimum atomic E-state index is -3.90. The molecule has 0 fully saturated rings. The number of likely N-dealkylation sites (N-methyl/N-ethyl adjacent to an activating group) is 1. The molecule has 49 heavy (non-hydrogen) atoms. The summed E-state index contributed by atoms with van der Waals surface area (Å²) >= 11 is 6.60. The third-order valence-corrected chi connectivity index (χ3v) is 9.38. The van der Waals surface area contributed by atoms with Crippen molar-refractivity contribution >= 4 is 61.4 Å². The second-order valence-electron chi connectivity index (χ2n) is 11.3. The maximum Gasteiger partial charge on any atom is 0.274 e. The summed E-state index contributed by atoms with van der Waals surface area (Å²) in [5, 5.41) is 10.2. The Bertz CT molecular complexity index is 2240. The molecule has 0 aliphatic heterocycles. The number of hydrogen-bond acceptors (Lipinski definition) is 9. The lowest BCUT2D eigenvalue weighted by atomic mass is 10.1. The molecule has 0 bridgehead atoms. The number of benzene rings is 3. The fourth-order valence-corrected chi connectivity index (χ4v) is 6.62. The van der Waals surface area contributed by atoms with Crippen LogP contribution in [0.3, 0.4) is 0 Å². The van der Waals surface area contributed by atoms with Crippen LogP contribution in [0.2, 0.25) is 5.02 Å². The summed E-state index contributed by atoms with van der Waals surface area (Å²) in [7, 11) is 0.118. The van der Waals surface area contributed by atoms with Gasteiger partial charge in [0.15, 0.2) is 0 Å². The van der Waals surface area contributed by atoms with E-state index in [9.17, 15) is 13.2 Å². The molecule has 3 aromatic heterocycles. The molecule has 6 rings (SSSR count). The van der Waals surface area contributed by atoms with E-state index in [-0.39, 0.29) is 27.5 Å². The lowest BCUT2D eigenvalue weighted by Crippen LogP contribution is -2.14. The molecular weight excluding hydrogens is 660 g/mol. The number of pyridine rings is 1. The van der Waals surface area contributed by atoms with Gasteiger partial charge in [-0.1, -0.05) is 66.2 Å². The maximum absolute atomic E-state index is 13.6. The van der Waals surface area contributed by atoms with E-state index in [2.05, 4.69) is 41.9 Å².